The average Bonchev–Trinajstić information content (AvgIpc) is 1.69. The van der Waals surface area contributed by atoms with Gasteiger partial charge in [-0.1, -0.05) is 24.3 Å². The SMILES string of the molecule is Cc1c(OCC(F)(F)F)ccnc1CS(=O)c1nc2ccccc2n1S(=O)(=O)c1ccc(OCC(=O)O)c(C(=O)[O-])c1.Cc1c(OCC(F)(F)F)ccnc1CS(=O)c1nc2ccccc2n1S(=O)(=O)c1ccc(OCC(=O)O)c(C(=O)[O-])c1.[Na+].[Na+]. The van der Waals surface area contributed by atoms with Crippen LogP contribution in [0.1, 0.15) is 43.2 Å². The van der Waals surface area contributed by atoms with Gasteiger partial charge in [0.05, 0.1) is 88.3 Å². The smallest absolute Gasteiger partial charge is 0.545 e. The van der Waals surface area contributed by atoms with Gasteiger partial charge in [-0.15, -0.1) is 0 Å². The Kier molecular flexibility index (Phi) is 23.2. The number of pyridine rings is 2. The number of aromatic carboxylic acids is 2. The molecule has 36 heteroatoms. The van der Waals surface area contributed by atoms with Gasteiger partial charge in [0.25, 0.3) is 20.0 Å². The summed E-state index contributed by atoms with van der Waals surface area (Å²) in [6.07, 6.45) is -6.90. The second-order valence-electron chi connectivity index (χ2n) is 17.1. The van der Waals surface area contributed by atoms with Gasteiger partial charge in [-0.25, -0.2) is 44.3 Å². The Morgan fingerprint density at radius 2 is 0.895 bits per heavy atom. The van der Waals surface area contributed by atoms with Gasteiger partial charge in [-0.05, 0) is 86.6 Å². The number of hydrogen-bond donors (Lipinski definition) is 2. The molecule has 0 fully saturated rings. The number of fused-ring (bicyclic) bond motifs is 2. The summed E-state index contributed by atoms with van der Waals surface area (Å²) >= 11 is 0. The molecule has 0 radical (unpaired) electrons. The summed E-state index contributed by atoms with van der Waals surface area (Å²) in [5.41, 5.74) is -0.850. The third-order valence-electron chi connectivity index (χ3n) is 11.3. The summed E-state index contributed by atoms with van der Waals surface area (Å²) in [5.74, 6) is -8.65. The van der Waals surface area contributed by atoms with Gasteiger partial charge in [-0.2, -0.15) is 26.3 Å². The summed E-state index contributed by atoms with van der Waals surface area (Å²) in [7, 11) is -13.9. The van der Waals surface area contributed by atoms with Crippen LogP contribution in [-0.2, 0) is 62.7 Å². The summed E-state index contributed by atoms with van der Waals surface area (Å²) in [6.45, 7) is -2.14. The Morgan fingerprint density at radius 1 is 0.547 bits per heavy atom. The fourth-order valence-corrected chi connectivity index (χ4v) is 13.7. The summed E-state index contributed by atoms with van der Waals surface area (Å²) in [5, 5.41) is 40.1. The minimum Gasteiger partial charge on any atom is -0.545 e. The van der Waals surface area contributed by atoms with E-state index in [9.17, 15) is 81.0 Å². The molecule has 8 rings (SSSR count). The number of carboxylic acid groups (broad SMARTS) is 4. The second kappa shape index (κ2) is 28.7. The van der Waals surface area contributed by atoms with Crippen LogP contribution in [0, 0.1) is 13.8 Å². The minimum absolute atomic E-state index is 0. The zero-order valence-electron chi connectivity index (χ0n) is 44.6. The van der Waals surface area contributed by atoms with E-state index in [1.54, 1.807) is 12.1 Å². The van der Waals surface area contributed by atoms with E-state index in [0.29, 0.717) is 20.1 Å². The molecule has 2 atom stereocenters. The number of rotatable bonds is 22. The third kappa shape index (κ3) is 16.7. The van der Waals surface area contributed by atoms with Crippen molar-refractivity contribution in [3.63, 3.8) is 0 Å². The molecule has 24 nitrogen and oxygen atoms in total. The first-order valence-corrected chi connectivity index (χ1v) is 28.8. The quantitative estimate of drug-likeness (QED) is 0.0553. The Balaban J connectivity index is 0.000000307. The van der Waals surface area contributed by atoms with Crippen LogP contribution in [0.4, 0.5) is 26.3 Å². The average molecular weight is 1300 g/mol. The number of halogens is 6. The van der Waals surface area contributed by atoms with Crippen LogP contribution in [0.5, 0.6) is 23.0 Å². The molecule has 0 aliphatic carbocycles. The number of carboxylic acids is 4. The number of ether oxygens (including phenoxy) is 4. The van der Waals surface area contributed by atoms with E-state index in [1.165, 1.54) is 62.4 Å². The molecule has 0 saturated heterocycles. The Morgan fingerprint density at radius 3 is 1.22 bits per heavy atom. The number of para-hydroxylation sites is 4. The molecule has 0 spiro atoms. The predicted octanol–water partition coefficient (Wildman–Crippen LogP) is -1.89. The topological polar surface area (TPSA) is 356 Å². The summed E-state index contributed by atoms with van der Waals surface area (Å²) < 4.78 is 179. The van der Waals surface area contributed by atoms with Crippen LogP contribution in [0.2, 0.25) is 0 Å². The summed E-state index contributed by atoms with van der Waals surface area (Å²) in [6, 6.07) is 19.4. The van der Waals surface area contributed by atoms with Crippen LogP contribution in [0.15, 0.2) is 130 Å². The number of hydrogen-bond acceptors (Lipinski definition) is 20. The van der Waals surface area contributed by atoms with E-state index in [2.05, 4.69) is 19.9 Å². The monoisotopic (exact) mass is 1300 g/mol. The van der Waals surface area contributed by atoms with Crippen molar-refractivity contribution in [2.24, 2.45) is 0 Å². The van der Waals surface area contributed by atoms with E-state index in [0.717, 1.165) is 36.7 Å². The molecule has 444 valence electrons. The van der Waals surface area contributed by atoms with Crippen LogP contribution in [0.3, 0.4) is 0 Å². The van der Waals surface area contributed by atoms with Gasteiger partial charge in [0.1, 0.15) is 23.0 Å². The Hall–Kier alpha value is -7.02. The molecule has 4 aromatic carbocycles. The van der Waals surface area contributed by atoms with Crippen molar-refractivity contribution in [2.45, 2.75) is 57.8 Å². The molecule has 2 unspecified atom stereocenters. The molecule has 0 aliphatic rings. The molecular formula is C50H38F6N6Na2O18S4. The first-order chi connectivity index (χ1) is 39.4. The number of benzene rings is 4. The zero-order valence-corrected chi connectivity index (χ0v) is 51.9. The maximum atomic E-state index is 13.8. The molecule has 0 amide bonds. The number of carbonyl (C=O) groups is 4. The van der Waals surface area contributed by atoms with E-state index in [-0.39, 0.29) is 115 Å². The first-order valence-electron chi connectivity index (χ1n) is 23.3. The van der Waals surface area contributed by atoms with Crippen molar-refractivity contribution in [2.75, 3.05) is 26.4 Å². The summed E-state index contributed by atoms with van der Waals surface area (Å²) in [4.78, 5) is 60.4. The number of imidazole rings is 2. The van der Waals surface area contributed by atoms with E-state index in [1.807, 2.05) is 0 Å². The van der Waals surface area contributed by atoms with Crippen molar-refractivity contribution in [1.82, 2.24) is 27.9 Å². The number of alkyl halides is 6. The number of aliphatic carboxylic acids is 2. The number of nitrogens with zero attached hydrogens (tertiary/aromatic N) is 6. The van der Waals surface area contributed by atoms with Gasteiger partial charge in [0, 0.05) is 34.6 Å². The van der Waals surface area contributed by atoms with E-state index in [4.69, 9.17) is 29.2 Å². The van der Waals surface area contributed by atoms with Crippen LogP contribution >= 0.6 is 0 Å². The minimum atomic E-state index is -4.71. The fraction of sp³-hybridized carbons (Fsp3) is 0.200. The van der Waals surface area contributed by atoms with Crippen LogP contribution in [-0.4, -0.2) is 126 Å². The second-order valence-corrected chi connectivity index (χ2v) is 23.4. The van der Waals surface area contributed by atoms with Crippen molar-refractivity contribution in [1.29, 1.82) is 0 Å². The van der Waals surface area contributed by atoms with Crippen molar-refractivity contribution in [3.8, 4) is 23.0 Å². The molecule has 0 aliphatic heterocycles. The Bertz CT molecular complexity index is 3920. The molecule has 0 saturated carbocycles. The van der Waals surface area contributed by atoms with Crippen LogP contribution < -0.4 is 88.3 Å². The van der Waals surface area contributed by atoms with Gasteiger partial charge >= 0.3 is 83.4 Å². The van der Waals surface area contributed by atoms with E-state index >= 15 is 0 Å². The third-order valence-corrected chi connectivity index (χ3v) is 17.4. The normalized spacial score (nSPS) is 12.4. The van der Waals surface area contributed by atoms with Gasteiger partial charge in [-0.3, -0.25) is 18.4 Å². The first kappa shape index (κ1) is 69.7. The fourth-order valence-electron chi connectivity index (χ4n) is 7.53. The maximum absolute atomic E-state index is 13.8. The standard InChI is InChI=1S/2C25H20F3N3O9S2.2Na/c2*1-14-18(29-9-8-20(14)40-13-25(26,27)28)12-41(36)24-30-17-4-2-3-5-19(17)31(24)42(37,38)15-6-7-21(39-11-22(32)33)16(10-15)23(34)35;;/h2*2-10H,11-13H2,1H3,(H,32,33)(H,34,35);;/q;;2*+1/p-2. The molecular weight excluding hydrogens is 1260 g/mol. The van der Waals surface area contributed by atoms with Gasteiger partial charge in [0.2, 0.25) is 10.3 Å². The van der Waals surface area contributed by atoms with E-state index < -0.39 is 159 Å². The molecule has 4 aromatic heterocycles. The molecule has 8 aromatic rings. The molecule has 4 heterocycles. The molecule has 0 bridgehead atoms. The van der Waals surface area contributed by atoms with Gasteiger partial charge in [0.15, 0.2) is 26.4 Å². The number of aromatic nitrogens is 6. The molecule has 86 heavy (non-hydrogen) atoms. The molecule has 2 N–H and O–H groups in total. The largest absolute Gasteiger partial charge is 1.00 e. The van der Waals surface area contributed by atoms with Crippen molar-refractivity contribution < 1.29 is 169 Å². The van der Waals surface area contributed by atoms with Gasteiger partial charge < -0.3 is 49.0 Å². The van der Waals surface area contributed by atoms with Crippen molar-refractivity contribution in [3.05, 3.63) is 143 Å². The number of carbonyl (C=O) groups excluding carboxylic acids is 2. The predicted molar refractivity (Wildman–Crippen MR) is 274 cm³/mol. The Labute approximate surface area is 530 Å². The van der Waals surface area contributed by atoms with Crippen molar-refractivity contribution >= 4 is 87.6 Å². The maximum Gasteiger partial charge on any atom is 1.00 e. The zero-order chi connectivity index (χ0) is 61.6. The van der Waals surface area contributed by atoms with Crippen LogP contribution in [0.25, 0.3) is 22.1 Å².